The molecular weight excluding hydrogens is 280 g/mol. The Kier molecular flexibility index (Phi) is 2.07. The molecule has 1 aromatic heterocycles. The van der Waals surface area contributed by atoms with Crippen LogP contribution in [0, 0.1) is 0 Å². The summed E-state index contributed by atoms with van der Waals surface area (Å²) in [5, 5.41) is 12.7. The Bertz CT molecular complexity index is 769. The van der Waals surface area contributed by atoms with E-state index in [1.165, 1.54) is 0 Å². The number of aromatic amines is 1. The van der Waals surface area contributed by atoms with E-state index in [9.17, 15) is 9.59 Å². The molecule has 2 amide bonds. The van der Waals surface area contributed by atoms with Crippen molar-refractivity contribution in [2.45, 2.75) is 11.8 Å². The summed E-state index contributed by atoms with van der Waals surface area (Å²) < 4.78 is 0. The summed E-state index contributed by atoms with van der Waals surface area (Å²) in [5.41, 5.74) is 1.01. The first-order valence-electron chi connectivity index (χ1n) is 6.06. The molecule has 1 atom stereocenters. The minimum absolute atomic E-state index is 0.0404. The number of amides is 2. The van der Waals surface area contributed by atoms with Gasteiger partial charge in [0.1, 0.15) is 11.2 Å². The third-order valence-electron chi connectivity index (χ3n) is 3.87. The van der Waals surface area contributed by atoms with E-state index in [-0.39, 0.29) is 18.2 Å². The van der Waals surface area contributed by atoms with Gasteiger partial charge in [-0.1, -0.05) is 11.6 Å². The van der Waals surface area contributed by atoms with Crippen molar-refractivity contribution in [1.29, 1.82) is 0 Å². The zero-order valence-electron chi connectivity index (χ0n) is 10.2. The van der Waals surface area contributed by atoms with E-state index in [2.05, 4.69) is 20.8 Å². The SMILES string of the molecule is O=C1C[C@]2(C(=O)Nc3ccc(Cl)cc32)c2cn[nH]c2N1. The Labute approximate surface area is 118 Å². The molecule has 0 saturated carbocycles. The van der Waals surface area contributed by atoms with Gasteiger partial charge in [-0.05, 0) is 23.8 Å². The summed E-state index contributed by atoms with van der Waals surface area (Å²) in [7, 11) is 0. The van der Waals surface area contributed by atoms with Gasteiger partial charge in [-0.15, -0.1) is 0 Å². The lowest BCUT2D eigenvalue weighted by molar-refractivity contribution is -0.125. The van der Waals surface area contributed by atoms with Crippen molar-refractivity contribution >= 4 is 34.9 Å². The molecule has 0 aliphatic carbocycles. The number of rotatable bonds is 0. The quantitative estimate of drug-likeness (QED) is 0.689. The van der Waals surface area contributed by atoms with Crippen LogP contribution >= 0.6 is 11.6 Å². The molecule has 20 heavy (non-hydrogen) atoms. The summed E-state index contributed by atoms with van der Waals surface area (Å²) >= 11 is 6.05. The minimum atomic E-state index is -1.05. The van der Waals surface area contributed by atoms with Gasteiger partial charge >= 0.3 is 0 Å². The van der Waals surface area contributed by atoms with Gasteiger partial charge in [0.25, 0.3) is 0 Å². The molecule has 2 aliphatic rings. The number of carbonyl (C=O) groups excluding carboxylic acids is 2. The van der Waals surface area contributed by atoms with Crippen LogP contribution in [0.25, 0.3) is 0 Å². The highest BCUT2D eigenvalue weighted by Crippen LogP contribution is 2.49. The highest BCUT2D eigenvalue weighted by Gasteiger charge is 2.53. The van der Waals surface area contributed by atoms with Crippen LogP contribution in [0.2, 0.25) is 5.02 Å². The number of aromatic nitrogens is 2. The number of benzene rings is 1. The van der Waals surface area contributed by atoms with Gasteiger partial charge in [0.2, 0.25) is 11.8 Å². The zero-order chi connectivity index (χ0) is 13.9. The molecule has 3 N–H and O–H groups in total. The lowest BCUT2D eigenvalue weighted by Crippen LogP contribution is -2.43. The Morgan fingerprint density at radius 1 is 1.20 bits per heavy atom. The van der Waals surface area contributed by atoms with Crippen LogP contribution in [-0.4, -0.2) is 22.0 Å². The topological polar surface area (TPSA) is 86.9 Å². The van der Waals surface area contributed by atoms with Crippen LogP contribution in [0.4, 0.5) is 11.5 Å². The van der Waals surface area contributed by atoms with Crippen molar-refractivity contribution in [3.8, 4) is 0 Å². The van der Waals surface area contributed by atoms with E-state index in [0.717, 1.165) is 0 Å². The second kappa shape index (κ2) is 3.61. The molecule has 0 fully saturated rings. The summed E-state index contributed by atoms with van der Waals surface area (Å²) in [6, 6.07) is 5.18. The Morgan fingerprint density at radius 2 is 2.05 bits per heavy atom. The fourth-order valence-corrected chi connectivity index (χ4v) is 3.17. The van der Waals surface area contributed by atoms with Crippen LogP contribution in [0.3, 0.4) is 0 Å². The third kappa shape index (κ3) is 1.26. The Balaban J connectivity index is 2.05. The van der Waals surface area contributed by atoms with E-state index in [0.29, 0.717) is 27.7 Å². The zero-order valence-corrected chi connectivity index (χ0v) is 10.9. The summed E-state index contributed by atoms with van der Waals surface area (Å²) in [5.74, 6) is 0.00113. The number of anilines is 2. The minimum Gasteiger partial charge on any atom is -0.325 e. The van der Waals surface area contributed by atoms with Crippen molar-refractivity contribution in [1.82, 2.24) is 10.2 Å². The van der Waals surface area contributed by atoms with Crippen LogP contribution in [0.5, 0.6) is 0 Å². The van der Waals surface area contributed by atoms with E-state index < -0.39 is 5.41 Å². The number of carbonyl (C=O) groups is 2. The first-order chi connectivity index (χ1) is 9.61. The first kappa shape index (κ1) is 11.5. The normalized spacial score (nSPS) is 23.2. The van der Waals surface area contributed by atoms with Gasteiger partial charge in [-0.3, -0.25) is 14.7 Å². The lowest BCUT2D eigenvalue weighted by atomic mass is 9.72. The summed E-state index contributed by atoms with van der Waals surface area (Å²) in [6.45, 7) is 0. The maximum Gasteiger partial charge on any atom is 0.240 e. The molecule has 0 bridgehead atoms. The number of H-pyrrole nitrogens is 1. The molecule has 2 aromatic rings. The monoisotopic (exact) mass is 288 g/mol. The average molecular weight is 289 g/mol. The molecule has 2 aliphatic heterocycles. The maximum atomic E-state index is 12.5. The van der Waals surface area contributed by atoms with Gasteiger partial charge < -0.3 is 10.6 Å². The van der Waals surface area contributed by atoms with Gasteiger partial charge in [-0.2, -0.15) is 5.10 Å². The number of hydrogen-bond acceptors (Lipinski definition) is 3. The van der Waals surface area contributed by atoms with Crippen LogP contribution < -0.4 is 10.6 Å². The van der Waals surface area contributed by atoms with Crippen LogP contribution in [0.1, 0.15) is 17.5 Å². The highest BCUT2D eigenvalue weighted by molar-refractivity contribution is 6.31. The standard InChI is InChI=1S/C13H9ClN4O2/c14-6-1-2-9-7(3-6)13(12(20)16-9)4-10(19)17-11-8(13)5-15-18-11/h1-3,5H,4H2,(H,16,20)(H2,15,17,18,19)/t13-/m1/s1. The van der Waals surface area contributed by atoms with Crippen molar-refractivity contribution in [3.05, 3.63) is 40.5 Å². The molecule has 0 saturated heterocycles. The molecule has 6 nitrogen and oxygen atoms in total. The van der Waals surface area contributed by atoms with Crippen molar-refractivity contribution in [2.24, 2.45) is 0 Å². The molecule has 1 aromatic carbocycles. The third-order valence-corrected chi connectivity index (χ3v) is 4.10. The Hall–Kier alpha value is -2.34. The number of hydrogen-bond donors (Lipinski definition) is 3. The molecule has 1 spiro atoms. The molecule has 100 valence electrons. The molecule has 3 heterocycles. The molecule has 4 rings (SSSR count). The molecule has 7 heteroatoms. The smallest absolute Gasteiger partial charge is 0.240 e. The molecular formula is C13H9ClN4O2. The predicted molar refractivity (Wildman–Crippen MR) is 72.7 cm³/mol. The van der Waals surface area contributed by atoms with E-state index in [1.54, 1.807) is 24.4 Å². The number of nitrogens with zero attached hydrogens (tertiary/aromatic N) is 1. The summed E-state index contributed by atoms with van der Waals surface area (Å²) in [4.78, 5) is 24.5. The first-order valence-corrected chi connectivity index (χ1v) is 6.44. The fourth-order valence-electron chi connectivity index (χ4n) is 3.00. The molecule has 0 unspecified atom stereocenters. The second-order valence-electron chi connectivity index (χ2n) is 4.93. The summed E-state index contributed by atoms with van der Waals surface area (Å²) in [6.07, 6.45) is 1.61. The molecule has 0 radical (unpaired) electrons. The Morgan fingerprint density at radius 3 is 2.90 bits per heavy atom. The van der Waals surface area contributed by atoms with E-state index >= 15 is 0 Å². The van der Waals surface area contributed by atoms with Crippen molar-refractivity contribution in [2.75, 3.05) is 10.6 Å². The van der Waals surface area contributed by atoms with Crippen molar-refractivity contribution in [3.63, 3.8) is 0 Å². The van der Waals surface area contributed by atoms with Gasteiger partial charge in [-0.25, -0.2) is 0 Å². The number of halogens is 1. The number of fused-ring (bicyclic) bond motifs is 4. The largest absolute Gasteiger partial charge is 0.325 e. The highest BCUT2D eigenvalue weighted by atomic mass is 35.5. The maximum absolute atomic E-state index is 12.5. The van der Waals surface area contributed by atoms with Gasteiger partial charge in [0.05, 0.1) is 6.20 Å². The van der Waals surface area contributed by atoms with Gasteiger partial charge in [0.15, 0.2) is 0 Å². The van der Waals surface area contributed by atoms with E-state index in [4.69, 9.17) is 11.6 Å². The fraction of sp³-hybridized carbons (Fsp3) is 0.154. The second-order valence-corrected chi connectivity index (χ2v) is 5.37. The van der Waals surface area contributed by atoms with E-state index in [1.807, 2.05) is 0 Å². The predicted octanol–water partition coefficient (Wildman–Crippen LogP) is 1.64. The van der Waals surface area contributed by atoms with Crippen LogP contribution in [-0.2, 0) is 15.0 Å². The number of nitrogens with one attached hydrogen (secondary N) is 3. The van der Waals surface area contributed by atoms with Crippen molar-refractivity contribution < 1.29 is 9.59 Å². The average Bonchev–Trinajstić information content (AvgIpc) is 2.96. The van der Waals surface area contributed by atoms with Gasteiger partial charge in [0, 0.05) is 22.7 Å². The van der Waals surface area contributed by atoms with Crippen LogP contribution in [0.15, 0.2) is 24.4 Å². The lowest BCUT2D eigenvalue weighted by Gasteiger charge is -2.30.